The lowest BCUT2D eigenvalue weighted by Crippen LogP contribution is -2.35. The Morgan fingerprint density at radius 1 is 1.04 bits per heavy atom. The number of hydrogen-bond donors (Lipinski definition) is 3. The third-order valence-electron chi connectivity index (χ3n) is 3.29. The Morgan fingerprint density at radius 3 is 2.59 bits per heavy atom. The summed E-state index contributed by atoms with van der Waals surface area (Å²) >= 11 is 2.57. The number of rotatable bonds is 6. The lowest BCUT2D eigenvalue weighted by atomic mass is 10.2. The number of imide groups is 1. The second-order valence-electron chi connectivity index (χ2n) is 5.52. The molecule has 0 atom stereocenters. The molecule has 0 aliphatic heterocycles. The molecule has 0 fully saturated rings. The number of carbonyl (C=O) groups excluding carboxylic acids is 2. The number of benzene rings is 2. The number of nitrogens with one attached hydrogen (secondary N) is 3. The Morgan fingerprint density at radius 2 is 1.81 bits per heavy atom. The summed E-state index contributed by atoms with van der Waals surface area (Å²) in [7, 11) is 0. The third-order valence-corrected chi connectivity index (χ3v) is 5.26. The zero-order valence-corrected chi connectivity index (χ0v) is 16.1. The smallest absolute Gasteiger partial charge is 0.325 e. The van der Waals surface area contributed by atoms with Gasteiger partial charge in [0.25, 0.3) is 0 Å². The maximum atomic E-state index is 11.9. The van der Waals surface area contributed by atoms with Crippen LogP contribution in [0.1, 0.15) is 5.56 Å². The van der Waals surface area contributed by atoms with E-state index in [1.165, 1.54) is 23.1 Å². The van der Waals surface area contributed by atoms with Crippen molar-refractivity contribution in [3.05, 3.63) is 60.2 Å². The molecule has 0 radical (unpaired) electrons. The molecule has 9 heteroatoms. The molecule has 3 amide bonds. The van der Waals surface area contributed by atoms with Crippen molar-refractivity contribution in [2.45, 2.75) is 11.3 Å². The number of carbonyl (C=O) groups is 2. The Hall–Kier alpha value is -2.91. The van der Waals surface area contributed by atoms with Gasteiger partial charge in [-0.15, -0.1) is 10.2 Å². The van der Waals surface area contributed by atoms with E-state index in [1.807, 2.05) is 37.3 Å². The number of aryl methyl sites for hydroxylation is 1. The van der Waals surface area contributed by atoms with E-state index in [-0.39, 0.29) is 5.75 Å². The van der Waals surface area contributed by atoms with Crippen molar-refractivity contribution in [3.63, 3.8) is 0 Å². The molecule has 7 nitrogen and oxygen atoms in total. The minimum Gasteiger partial charge on any atom is -0.330 e. The molecule has 0 aliphatic rings. The van der Waals surface area contributed by atoms with Crippen LogP contribution in [0, 0.1) is 6.92 Å². The number of aromatic nitrogens is 2. The highest BCUT2D eigenvalue weighted by Crippen LogP contribution is 2.27. The molecule has 0 unspecified atom stereocenters. The molecule has 138 valence electrons. The number of urea groups is 1. The Balaban J connectivity index is 1.45. The number of thioether (sulfide) groups is 1. The predicted molar refractivity (Wildman–Crippen MR) is 109 cm³/mol. The van der Waals surface area contributed by atoms with Gasteiger partial charge in [-0.1, -0.05) is 53.4 Å². The second kappa shape index (κ2) is 9.15. The summed E-state index contributed by atoms with van der Waals surface area (Å²) in [5.74, 6) is -0.335. The van der Waals surface area contributed by atoms with Crippen molar-refractivity contribution in [1.82, 2.24) is 15.5 Å². The molecule has 0 saturated heterocycles. The summed E-state index contributed by atoms with van der Waals surface area (Å²) in [4.78, 5) is 23.7. The van der Waals surface area contributed by atoms with Crippen LogP contribution in [0.3, 0.4) is 0 Å². The van der Waals surface area contributed by atoms with Gasteiger partial charge in [-0.2, -0.15) is 0 Å². The SMILES string of the molecule is Cc1cccc(Nc2nnc(SCC(=O)NC(=O)Nc3ccccc3)s2)c1. The van der Waals surface area contributed by atoms with Gasteiger partial charge < -0.3 is 10.6 Å². The van der Waals surface area contributed by atoms with Gasteiger partial charge in [-0.05, 0) is 36.8 Å². The molecule has 0 bridgehead atoms. The lowest BCUT2D eigenvalue weighted by molar-refractivity contribution is -0.117. The number of anilines is 3. The molecule has 27 heavy (non-hydrogen) atoms. The summed E-state index contributed by atoms with van der Waals surface area (Å²) in [5.41, 5.74) is 2.69. The molecular weight excluding hydrogens is 382 g/mol. The third kappa shape index (κ3) is 6.08. The van der Waals surface area contributed by atoms with Crippen LogP contribution in [0.5, 0.6) is 0 Å². The van der Waals surface area contributed by atoms with Gasteiger partial charge in [0.05, 0.1) is 5.75 Å². The second-order valence-corrected chi connectivity index (χ2v) is 7.72. The van der Waals surface area contributed by atoms with Crippen LogP contribution in [-0.2, 0) is 4.79 Å². The summed E-state index contributed by atoms with van der Waals surface area (Å²) in [5, 5.41) is 16.8. The zero-order valence-electron chi connectivity index (χ0n) is 14.4. The summed E-state index contributed by atoms with van der Waals surface area (Å²) in [6.45, 7) is 2.01. The van der Waals surface area contributed by atoms with Crippen molar-refractivity contribution >= 4 is 51.5 Å². The first kappa shape index (κ1) is 18.9. The van der Waals surface area contributed by atoms with Crippen LogP contribution in [-0.4, -0.2) is 27.9 Å². The average Bonchev–Trinajstić information content (AvgIpc) is 3.08. The molecule has 3 N–H and O–H groups in total. The fourth-order valence-electron chi connectivity index (χ4n) is 2.14. The van der Waals surface area contributed by atoms with Crippen LogP contribution in [0.2, 0.25) is 0 Å². The quantitative estimate of drug-likeness (QED) is 0.542. The van der Waals surface area contributed by atoms with Gasteiger partial charge in [-0.25, -0.2) is 4.79 Å². The highest BCUT2D eigenvalue weighted by atomic mass is 32.2. The molecule has 2 aromatic carbocycles. The van der Waals surface area contributed by atoms with E-state index < -0.39 is 11.9 Å². The largest absolute Gasteiger partial charge is 0.330 e. The molecule has 0 spiro atoms. The first-order chi connectivity index (χ1) is 13.1. The Labute approximate surface area is 164 Å². The van der Waals surface area contributed by atoms with Gasteiger partial charge in [0, 0.05) is 11.4 Å². The van der Waals surface area contributed by atoms with E-state index in [0.29, 0.717) is 15.2 Å². The van der Waals surface area contributed by atoms with Gasteiger partial charge >= 0.3 is 6.03 Å². The first-order valence-corrected chi connectivity index (χ1v) is 9.84. The standard InChI is InChI=1S/C18H17N5O2S2/c1-12-6-5-9-14(10-12)20-17-22-23-18(27-17)26-11-15(24)21-16(25)19-13-7-3-2-4-8-13/h2-10H,11H2,1H3,(H,20,22)(H2,19,21,24,25). The minimum atomic E-state index is -0.564. The fraction of sp³-hybridized carbons (Fsp3) is 0.111. The molecule has 1 heterocycles. The first-order valence-electron chi connectivity index (χ1n) is 8.04. The number of nitrogens with zero attached hydrogens (tertiary/aromatic N) is 2. The predicted octanol–water partition coefficient (Wildman–Crippen LogP) is 4.03. The Kier molecular flexibility index (Phi) is 6.39. The van der Waals surface area contributed by atoms with Gasteiger partial charge in [-0.3, -0.25) is 10.1 Å². The fourth-order valence-corrected chi connectivity index (χ4v) is 3.71. The van der Waals surface area contributed by atoms with Crippen LogP contribution in [0.25, 0.3) is 0 Å². The molecule has 3 rings (SSSR count). The van der Waals surface area contributed by atoms with Crippen LogP contribution in [0.15, 0.2) is 58.9 Å². The van der Waals surface area contributed by atoms with E-state index in [9.17, 15) is 9.59 Å². The van der Waals surface area contributed by atoms with Crippen LogP contribution < -0.4 is 16.0 Å². The Bertz CT molecular complexity index is 930. The molecule has 1 aromatic heterocycles. The van der Waals surface area contributed by atoms with Crippen LogP contribution >= 0.6 is 23.1 Å². The highest BCUT2D eigenvalue weighted by molar-refractivity contribution is 8.01. The average molecular weight is 400 g/mol. The zero-order chi connectivity index (χ0) is 19.1. The van der Waals surface area contributed by atoms with Crippen molar-refractivity contribution in [1.29, 1.82) is 0 Å². The number of amides is 3. The molecular formula is C18H17N5O2S2. The van der Waals surface area contributed by atoms with Crippen molar-refractivity contribution in [2.24, 2.45) is 0 Å². The maximum absolute atomic E-state index is 11.9. The van der Waals surface area contributed by atoms with E-state index in [0.717, 1.165) is 11.3 Å². The van der Waals surface area contributed by atoms with E-state index in [4.69, 9.17) is 0 Å². The van der Waals surface area contributed by atoms with Crippen LogP contribution in [0.4, 0.5) is 21.3 Å². The normalized spacial score (nSPS) is 10.3. The maximum Gasteiger partial charge on any atom is 0.325 e. The van der Waals surface area contributed by atoms with Gasteiger partial charge in [0.2, 0.25) is 11.0 Å². The van der Waals surface area contributed by atoms with Gasteiger partial charge in [0.15, 0.2) is 4.34 Å². The van der Waals surface area contributed by atoms with E-state index in [1.54, 1.807) is 24.3 Å². The molecule has 0 saturated carbocycles. The van der Waals surface area contributed by atoms with E-state index >= 15 is 0 Å². The van der Waals surface area contributed by atoms with E-state index in [2.05, 4.69) is 26.1 Å². The molecule has 3 aromatic rings. The van der Waals surface area contributed by atoms with Crippen molar-refractivity contribution < 1.29 is 9.59 Å². The van der Waals surface area contributed by atoms with Gasteiger partial charge in [0.1, 0.15) is 0 Å². The lowest BCUT2D eigenvalue weighted by Gasteiger charge is -2.05. The summed E-state index contributed by atoms with van der Waals surface area (Å²) < 4.78 is 0.642. The summed E-state index contributed by atoms with van der Waals surface area (Å²) in [6.07, 6.45) is 0. The van der Waals surface area contributed by atoms with Crippen molar-refractivity contribution in [2.75, 3.05) is 16.4 Å². The number of hydrogen-bond acceptors (Lipinski definition) is 7. The highest BCUT2D eigenvalue weighted by Gasteiger charge is 2.11. The number of para-hydroxylation sites is 1. The minimum absolute atomic E-state index is 0.0707. The summed E-state index contributed by atoms with van der Waals surface area (Å²) in [6, 6.07) is 16.3. The molecule has 0 aliphatic carbocycles. The monoisotopic (exact) mass is 399 g/mol. The topological polar surface area (TPSA) is 96.0 Å². The van der Waals surface area contributed by atoms with Crippen molar-refractivity contribution in [3.8, 4) is 0 Å².